The van der Waals surface area contributed by atoms with Crippen LogP contribution in [0.1, 0.15) is 11.4 Å². The lowest BCUT2D eigenvalue weighted by Crippen LogP contribution is -2.18. The predicted octanol–water partition coefficient (Wildman–Crippen LogP) is 2.12. The van der Waals surface area contributed by atoms with Crippen molar-refractivity contribution in [3.8, 4) is 17.7 Å². The van der Waals surface area contributed by atoms with Crippen molar-refractivity contribution in [2.24, 2.45) is 0 Å². The second-order valence-electron chi connectivity index (χ2n) is 3.98. The summed E-state index contributed by atoms with van der Waals surface area (Å²) in [5, 5.41) is 12.3. The molecule has 0 N–H and O–H groups in total. The van der Waals surface area contributed by atoms with Gasteiger partial charge < -0.3 is 9.26 Å². The molecule has 9 heteroatoms. The Morgan fingerprint density at radius 2 is 2.14 bits per heavy atom. The van der Waals surface area contributed by atoms with Gasteiger partial charge >= 0.3 is 6.18 Å². The third-order valence-corrected chi connectivity index (χ3v) is 2.32. The monoisotopic (exact) mass is 298 g/mol. The minimum atomic E-state index is -4.35. The number of pyridine rings is 1. The molecule has 0 aromatic carbocycles. The number of hydrogen-bond donors (Lipinski definition) is 0. The van der Waals surface area contributed by atoms with Crippen molar-refractivity contribution >= 4 is 0 Å². The lowest BCUT2D eigenvalue weighted by atomic mass is 10.3. The van der Waals surface area contributed by atoms with E-state index in [-0.39, 0.29) is 24.7 Å². The van der Waals surface area contributed by atoms with Crippen LogP contribution >= 0.6 is 0 Å². The van der Waals surface area contributed by atoms with E-state index in [0.29, 0.717) is 11.3 Å². The molecule has 6 nitrogen and oxygen atoms in total. The highest BCUT2D eigenvalue weighted by atomic mass is 19.4. The minimum Gasteiger partial charge on any atom is -0.372 e. The zero-order valence-corrected chi connectivity index (χ0v) is 10.6. The molecule has 110 valence electrons. The molecular formula is C12H9F3N4O2. The molecular weight excluding hydrogens is 289 g/mol. The topological polar surface area (TPSA) is 84.8 Å². The van der Waals surface area contributed by atoms with Crippen LogP contribution in [0.15, 0.2) is 22.9 Å². The van der Waals surface area contributed by atoms with Gasteiger partial charge in [-0.05, 0) is 12.1 Å². The summed E-state index contributed by atoms with van der Waals surface area (Å²) >= 11 is 0. The summed E-state index contributed by atoms with van der Waals surface area (Å²) in [6.45, 7) is -1.48. The Labute approximate surface area is 117 Å². The molecule has 2 aromatic rings. The van der Waals surface area contributed by atoms with Gasteiger partial charge in [0.25, 0.3) is 5.89 Å². The molecule has 0 bridgehead atoms. The van der Waals surface area contributed by atoms with Crippen LogP contribution in [0.4, 0.5) is 13.2 Å². The third kappa shape index (κ3) is 4.54. The van der Waals surface area contributed by atoms with Crippen molar-refractivity contribution in [3.05, 3.63) is 29.7 Å². The average Bonchev–Trinajstić information content (AvgIpc) is 2.91. The second-order valence-corrected chi connectivity index (χ2v) is 3.98. The molecule has 0 aliphatic carbocycles. The van der Waals surface area contributed by atoms with Gasteiger partial charge in [-0.25, -0.2) is 4.98 Å². The summed E-state index contributed by atoms with van der Waals surface area (Å²) in [5.41, 5.74) is 0.767. The number of nitrogens with zero attached hydrogens (tertiary/aromatic N) is 4. The Morgan fingerprint density at radius 1 is 1.33 bits per heavy atom. The summed E-state index contributed by atoms with van der Waals surface area (Å²) < 4.78 is 45.0. The van der Waals surface area contributed by atoms with Crippen molar-refractivity contribution in [2.75, 3.05) is 13.2 Å². The molecule has 0 radical (unpaired) electrons. The van der Waals surface area contributed by atoms with E-state index >= 15 is 0 Å². The fourth-order valence-electron chi connectivity index (χ4n) is 1.40. The highest BCUT2D eigenvalue weighted by Crippen LogP contribution is 2.16. The van der Waals surface area contributed by atoms with E-state index in [1.165, 1.54) is 12.3 Å². The third-order valence-electron chi connectivity index (χ3n) is 2.32. The van der Waals surface area contributed by atoms with Crippen LogP contribution < -0.4 is 0 Å². The van der Waals surface area contributed by atoms with Crippen LogP contribution in [-0.4, -0.2) is 34.5 Å². The zero-order valence-electron chi connectivity index (χ0n) is 10.6. The van der Waals surface area contributed by atoms with Crippen molar-refractivity contribution < 1.29 is 22.4 Å². The Bertz CT molecular complexity index is 631. The number of aromatic nitrogens is 3. The van der Waals surface area contributed by atoms with E-state index in [1.807, 2.05) is 6.07 Å². The number of halogens is 3. The largest absolute Gasteiger partial charge is 0.411 e. The lowest BCUT2D eigenvalue weighted by Gasteiger charge is -2.05. The molecule has 0 atom stereocenters. The summed E-state index contributed by atoms with van der Waals surface area (Å²) in [6, 6.07) is 5.00. The number of alkyl halides is 3. The summed E-state index contributed by atoms with van der Waals surface area (Å²) in [5.74, 6) is 0.351. The van der Waals surface area contributed by atoms with Crippen LogP contribution in [0.3, 0.4) is 0 Å². The van der Waals surface area contributed by atoms with Gasteiger partial charge in [-0.1, -0.05) is 5.16 Å². The molecule has 21 heavy (non-hydrogen) atoms. The Balaban J connectivity index is 1.90. The summed E-state index contributed by atoms with van der Waals surface area (Å²) in [6.07, 6.45) is -2.91. The minimum absolute atomic E-state index is 0.0931. The molecule has 0 spiro atoms. The lowest BCUT2D eigenvalue weighted by molar-refractivity contribution is -0.173. The molecule has 0 unspecified atom stereocenters. The van der Waals surface area contributed by atoms with E-state index in [9.17, 15) is 13.2 Å². The van der Waals surface area contributed by atoms with Crippen molar-refractivity contribution in [1.29, 1.82) is 5.26 Å². The van der Waals surface area contributed by atoms with E-state index in [2.05, 4.69) is 19.9 Å². The van der Waals surface area contributed by atoms with E-state index in [1.54, 1.807) is 6.07 Å². The predicted molar refractivity (Wildman–Crippen MR) is 62.8 cm³/mol. The van der Waals surface area contributed by atoms with E-state index < -0.39 is 12.8 Å². The second kappa shape index (κ2) is 6.32. The first-order chi connectivity index (χ1) is 9.98. The standard InChI is InChI=1S/C12H9F3N4O2/c13-12(14,15)7-20-4-3-10-18-11(21-19-10)9-2-1-8(5-16)6-17-9/h1-2,6H,3-4,7H2. The van der Waals surface area contributed by atoms with Crippen LogP contribution in [-0.2, 0) is 11.2 Å². The maximum Gasteiger partial charge on any atom is 0.411 e. The number of nitriles is 1. The van der Waals surface area contributed by atoms with Gasteiger partial charge in [0.2, 0.25) is 0 Å². The Kier molecular flexibility index (Phi) is 4.49. The molecule has 0 aliphatic rings. The maximum absolute atomic E-state index is 11.9. The maximum atomic E-state index is 11.9. The fourth-order valence-corrected chi connectivity index (χ4v) is 1.40. The van der Waals surface area contributed by atoms with Gasteiger partial charge in [0.1, 0.15) is 18.4 Å². The number of ether oxygens (including phenoxy) is 1. The fraction of sp³-hybridized carbons (Fsp3) is 0.333. The van der Waals surface area contributed by atoms with Gasteiger partial charge in [-0.15, -0.1) is 0 Å². The van der Waals surface area contributed by atoms with Gasteiger partial charge in [-0.3, -0.25) is 0 Å². The average molecular weight is 298 g/mol. The Hall–Kier alpha value is -2.47. The zero-order chi connectivity index (χ0) is 15.3. The molecule has 2 rings (SSSR count). The first-order valence-electron chi connectivity index (χ1n) is 5.81. The van der Waals surface area contributed by atoms with Gasteiger partial charge in [0, 0.05) is 12.6 Å². The van der Waals surface area contributed by atoms with Crippen LogP contribution in [0, 0.1) is 11.3 Å². The quantitative estimate of drug-likeness (QED) is 0.786. The first kappa shape index (κ1) is 14.9. The molecule has 0 aliphatic heterocycles. The molecule has 0 saturated heterocycles. The molecule has 0 fully saturated rings. The Morgan fingerprint density at radius 3 is 2.76 bits per heavy atom. The summed E-state index contributed by atoms with van der Waals surface area (Å²) in [4.78, 5) is 7.95. The number of rotatable bonds is 5. The van der Waals surface area contributed by atoms with Gasteiger partial charge in [0.15, 0.2) is 5.82 Å². The van der Waals surface area contributed by atoms with Crippen LogP contribution in [0.2, 0.25) is 0 Å². The smallest absolute Gasteiger partial charge is 0.372 e. The molecule has 2 aromatic heterocycles. The van der Waals surface area contributed by atoms with Crippen LogP contribution in [0.25, 0.3) is 11.6 Å². The highest BCUT2D eigenvalue weighted by molar-refractivity contribution is 5.47. The highest BCUT2D eigenvalue weighted by Gasteiger charge is 2.27. The normalized spacial score (nSPS) is 11.3. The first-order valence-corrected chi connectivity index (χ1v) is 5.81. The molecule has 2 heterocycles. The van der Waals surface area contributed by atoms with E-state index in [4.69, 9.17) is 9.78 Å². The molecule has 0 saturated carbocycles. The SMILES string of the molecule is N#Cc1ccc(-c2nc(CCOCC(F)(F)F)no2)nc1. The van der Waals surface area contributed by atoms with E-state index in [0.717, 1.165) is 0 Å². The van der Waals surface area contributed by atoms with Gasteiger partial charge in [0.05, 0.1) is 12.2 Å². The van der Waals surface area contributed by atoms with Gasteiger partial charge in [-0.2, -0.15) is 23.4 Å². The summed E-state index contributed by atoms with van der Waals surface area (Å²) in [7, 11) is 0. The molecule has 0 amide bonds. The van der Waals surface area contributed by atoms with Crippen LogP contribution in [0.5, 0.6) is 0 Å². The van der Waals surface area contributed by atoms with Crippen molar-refractivity contribution in [1.82, 2.24) is 15.1 Å². The number of hydrogen-bond acceptors (Lipinski definition) is 6. The van der Waals surface area contributed by atoms with Crippen molar-refractivity contribution in [2.45, 2.75) is 12.6 Å². The van der Waals surface area contributed by atoms with Crippen molar-refractivity contribution in [3.63, 3.8) is 0 Å².